The molecule has 1 aromatic rings. The van der Waals surface area contributed by atoms with Crippen molar-refractivity contribution in [2.45, 2.75) is 13.0 Å². The second-order valence-electron chi connectivity index (χ2n) is 4.45. The SMILES string of the molecule is O=C(O)CCNC(=O)NCCS(=O)(=O)NCc1ccccc1. The molecule has 0 aliphatic rings. The van der Waals surface area contributed by atoms with Gasteiger partial charge < -0.3 is 15.7 Å². The zero-order chi connectivity index (χ0) is 16.4. The lowest BCUT2D eigenvalue weighted by Crippen LogP contribution is -2.40. The third kappa shape index (κ3) is 8.22. The summed E-state index contributed by atoms with van der Waals surface area (Å²) in [6.07, 6.45) is -0.190. The first-order valence-corrected chi connectivity index (χ1v) is 8.29. The van der Waals surface area contributed by atoms with Crippen LogP contribution in [0.2, 0.25) is 0 Å². The minimum absolute atomic E-state index is 0.0137. The number of aliphatic carboxylic acids is 1. The Morgan fingerprint density at radius 2 is 1.68 bits per heavy atom. The van der Waals surface area contributed by atoms with E-state index in [0.29, 0.717) is 0 Å². The molecule has 0 aromatic heterocycles. The van der Waals surface area contributed by atoms with Crippen LogP contribution in [-0.4, -0.2) is 44.4 Å². The highest BCUT2D eigenvalue weighted by Crippen LogP contribution is 1.98. The van der Waals surface area contributed by atoms with E-state index in [1.807, 2.05) is 18.2 Å². The number of urea groups is 1. The topological polar surface area (TPSA) is 125 Å². The maximum atomic E-state index is 11.7. The number of sulfonamides is 1. The molecule has 9 heteroatoms. The Morgan fingerprint density at radius 1 is 1.05 bits per heavy atom. The van der Waals surface area contributed by atoms with E-state index in [9.17, 15) is 18.0 Å². The third-order valence-corrected chi connectivity index (χ3v) is 3.95. The summed E-state index contributed by atoms with van der Waals surface area (Å²) in [5.74, 6) is -1.28. The van der Waals surface area contributed by atoms with Crippen LogP contribution in [0.15, 0.2) is 30.3 Å². The Balaban J connectivity index is 2.22. The molecule has 22 heavy (non-hydrogen) atoms. The molecule has 0 spiro atoms. The molecule has 0 fully saturated rings. The lowest BCUT2D eigenvalue weighted by atomic mass is 10.2. The molecule has 122 valence electrons. The van der Waals surface area contributed by atoms with Gasteiger partial charge in [0.15, 0.2) is 0 Å². The van der Waals surface area contributed by atoms with Crippen molar-refractivity contribution in [3.63, 3.8) is 0 Å². The van der Waals surface area contributed by atoms with Gasteiger partial charge >= 0.3 is 12.0 Å². The number of hydrogen-bond donors (Lipinski definition) is 4. The lowest BCUT2D eigenvalue weighted by Gasteiger charge is -2.08. The number of carboxylic acids is 1. The van der Waals surface area contributed by atoms with Gasteiger partial charge in [-0.1, -0.05) is 30.3 Å². The first-order valence-electron chi connectivity index (χ1n) is 6.64. The van der Waals surface area contributed by atoms with Crippen molar-refractivity contribution in [1.29, 1.82) is 0 Å². The highest BCUT2D eigenvalue weighted by molar-refractivity contribution is 7.89. The molecule has 0 saturated carbocycles. The number of amides is 2. The molecule has 0 bridgehead atoms. The van der Waals surface area contributed by atoms with E-state index < -0.39 is 22.0 Å². The van der Waals surface area contributed by atoms with E-state index in [1.165, 1.54) is 0 Å². The van der Waals surface area contributed by atoms with Crippen LogP contribution in [-0.2, 0) is 21.4 Å². The van der Waals surface area contributed by atoms with E-state index >= 15 is 0 Å². The molecule has 1 aromatic carbocycles. The van der Waals surface area contributed by atoms with Crippen LogP contribution in [0.3, 0.4) is 0 Å². The molecule has 0 aliphatic heterocycles. The molecule has 4 N–H and O–H groups in total. The summed E-state index contributed by atoms with van der Waals surface area (Å²) < 4.78 is 25.9. The average Bonchev–Trinajstić information content (AvgIpc) is 2.46. The van der Waals surface area contributed by atoms with Crippen molar-refractivity contribution in [1.82, 2.24) is 15.4 Å². The molecule has 8 nitrogen and oxygen atoms in total. The highest BCUT2D eigenvalue weighted by atomic mass is 32.2. The molecular weight excluding hydrogens is 310 g/mol. The summed E-state index contributed by atoms with van der Waals surface area (Å²) >= 11 is 0. The van der Waals surface area contributed by atoms with Crippen LogP contribution in [0.5, 0.6) is 0 Å². The quantitative estimate of drug-likeness (QED) is 0.503. The average molecular weight is 329 g/mol. The Kier molecular flexibility index (Phi) is 7.33. The fraction of sp³-hybridized carbons (Fsp3) is 0.385. The van der Waals surface area contributed by atoms with Gasteiger partial charge in [0, 0.05) is 19.6 Å². The monoisotopic (exact) mass is 329 g/mol. The number of rotatable bonds is 9. The van der Waals surface area contributed by atoms with E-state index in [2.05, 4.69) is 15.4 Å². The number of carbonyl (C=O) groups is 2. The van der Waals surface area contributed by atoms with Crippen LogP contribution in [0, 0.1) is 0 Å². The summed E-state index contributed by atoms with van der Waals surface area (Å²) in [7, 11) is -3.50. The van der Waals surface area contributed by atoms with Gasteiger partial charge in [0.25, 0.3) is 0 Å². The standard InChI is InChI=1S/C13H19N3O5S/c17-12(18)6-7-14-13(19)15-8-9-22(20,21)16-10-11-4-2-1-3-5-11/h1-5,16H,6-10H2,(H,17,18)(H2,14,15,19). The summed E-state index contributed by atoms with van der Waals surface area (Å²) in [5.41, 5.74) is 0.838. The maximum absolute atomic E-state index is 11.7. The highest BCUT2D eigenvalue weighted by Gasteiger charge is 2.10. The van der Waals surface area contributed by atoms with E-state index in [-0.39, 0.29) is 31.8 Å². The first-order chi connectivity index (χ1) is 10.4. The van der Waals surface area contributed by atoms with Crippen molar-refractivity contribution < 1.29 is 23.1 Å². The number of carboxylic acid groups (broad SMARTS) is 1. The molecule has 0 saturated heterocycles. The predicted octanol–water partition coefficient (Wildman–Crippen LogP) is -0.120. The van der Waals surface area contributed by atoms with Gasteiger partial charge in [0.05, 0.1) is 12.2 Å². The van der Waals surface area contributed by atoms with E-state index in [0.717, 1.165) is 5.56 Å². The Labute approximate surface area is 129 Å². The molecular formula is C13H19N3O5S. The molecule has 1 rings (SSSR count). The van der Waals surface area contributed by atoms with E-state index in [4.69, 9.17) is 5.11 Å². The van der Waals surface area contributed by atoms with Crippen LogP contribution in [0.4, 0.5) is 4.79 Å². The van der Waals surface area contributed by atoms with Crippen LogP contribution >= 0.6 is 0 Å². The van der Waals surface area contributed by atoms with Gasteiger partial charge in [-0.25, -0.2) is 17.9 Å². The second kappa shape index (κ2) is 9.00. The van der Waals surface area contributed by atoms with Crippen molar-refractivity contribution in [2.75, 3.05) is 18.8 Å². The van der Waals surface area contributed by atoms with Crippen molar-refractivity contribution in [3.8, 4) is 0 Å². The van der Waals surface area contributed by atoms with Gasteiger partial charge in [0.2, 0.25) is 10.0 Å². The molecule has 0 unspecified atom stereocenters. The lowest BCUT2D eigenvalue weighted by molar-refractivity contribution is -0.136. The number of carbonyl (C=O) groups excluding carboxylic acids is 1. The molecule has 0 heterocycles. The van der Waals surface area contributed by atoms with Gasteiger partial charge in [-0.05, 0) is 5.56 Å². The minimum atomic E-state index is -3.50. The number of benzene rings is 1. The normalized spacial score (nSPS) is 10.9. The zero-order valence-corrected chi connectivity index (χ0v) is 12.7. The van der Waals surface area contributed by atoms with Crippen molar-refractivity contribution in [3.05, 3.63) is 35.9 Å². The van der Waals surface area contributed by atoms with Crippen LogP contribution in [0.1, 0.15) is 12.0 Å². The summed E-state index contributed by atoms with van der Waals surface area (Å²) in [5, 5.41) is 13.1. The third-order valence-electron chi connectivity index (χ3n) is 2.62. The smallest absolute Gasteiger partial charge is 0.314 e. The largest absolute Gasteiger partial charge is 0.481 e. The molecule has 0 radical (unpaired) electrons. The van der Waals surface area contributed by atoms with Crippen LogP contribution in [0.25, 0.3) is 0 Å². The molecule has 0 atom stereocenters. The fourth-order valence-electron chi connectivity index (χ4n) is 1.51. The Hall–Kier alpha value is -2.13. The van der Waals surface area contributed by atoms with Crippen molar-refractivity contribution in [2.24, 2.45) is 0 Å². The Bertz CT molecular complexity index is 589. The zero-order valence-electron chi connectivity index (χ0n) is 11.9. The van der Waals surface area contributed by atoms with Gasteiger partial charge in [0.1, 0.15) is 0 Å². The summed E-state index contributed by atoms with van der Waals surface area (Å²) in [6.45, 7) is 0.108. The second-order valence-corrected chi connectivity index (χ2v) is 6.38. The summed E-state index contributed by atoms with van der Waals surface area (Å²) in [6, 6.07) is 8.47. The van der Waals surface area contributed by atoms with Gasteiger partial charge in [-0.3, -0.25) is 4.79 Å². The number of nitrogens with one attached hydrogen (secondary N) is 3. The van der Waals surface area contributed by atoms with Gasteiger partial charge in [-0.15, -0.1) is 0 Å². The molecule has 2 amide bonds. The first kappa shape index (κ1) is 17.9. The molecule has 0 aliphatic carbocycles. The van der Waals surface area contributed by atoms with E-state index in [1.54, 1.807) is 12.1 Å². The minimum Gasteiger partial charge on any atom is -0.481 e. The fourth-order valence-corrected chi connectivity index (χ4v) is 2.41. The maximum Gasteiger partial charge on any atom is 0.314 e. The Morgan fingerprint density at radius 3 is 2.32 bits per heavy atom. The predicted molar refractivity (Wildman–Crippen MR) is 80.7 cm³/mol. The van der Waals surface area contributed by atoms with Crippen LogP contribution < -0.4 is 15.4 Å². The van der Waals surface area contributed by atoms with Gasteiger partial charge in [-0.2, -0.15) is 0 Å². The number of hydrogen-bond acceptors (Lipinski definition) is 4. The van der Waals surface area contributed by atoms with Crippen molar-refractivity contribution >= 4 is 22.0 Å². The summed E-state index contributed by atoms with van der Waals surface area (Å²) in [4.78, 5) is 21.5.